The Morgan fingerprint density at radius 2 is 0.720 bits per heavy atom. The highest BCUT2D eigenvalue weighted by molar-refractivity contribution is 6.66. The van der Waals surface area contributed by atoms with Crippen LogP contribution in [-0.4, -0.2) is 57.3 Å². The highest BCUT2D eigenvalue weighted by Gasteiger charge is 2.48. The zero-order chi connectivity index (χ0) is 19.0. The Labute approximate surface area is 157 Å². The first-order valence-electron chi connectivity index (χ1n) is 9.91. The second-order valence-corrected chi connectivity index (χ2v) is 11.2. The van der Waals surface area contributed by atoms with Gasteiger partial charge in [-0.15, -0.1) is 0 Å². The van der Waals surface area contributed by atoms with Crippen molar-refractivity contribution in [1.29, 1.82) is 0 Å². The molecule has 0 aromatic rings. The summed E-state index contributed by atoms with van der Waals surface area (Å²) in [4.78, 5) is 0. The molecular formula is C17H40O6Si2. The van der Waals surface area contributed by atoms with Crippen LogP contribution in [0, 0.1) is 0 Å². The first kappa shape index (κ1) is 25.2. The fraction of sp³-hybridized carbons (Fsp3) is 1.00. The summed E-state index contributed by atoms with van der Waals surface area (Å²) in [6.45, 7) is 15.9. The van der Waals surface area contributed by atoms with Gasteiger partial charge in [-0.2, -0.15) is 0 Å². The van der Waals surface area contributed by atoms with Crippen molar-refractivity contribution in [3.63, 3.8) is 0 Å². The molecule has 8 heteroatoms. The molecule has 0 heterocycles. The maximum atomic E-state index is 6.16. The van der Waals surface area contributed by atoms with E-state index in [1.807, 2.05) is 20.8 Å². The van der Waals surface area contributed by atoms with Crippen LogP contribution >= 0.6 is 0 Å². The standard InChI is InChI=1S/C17H40O6Si2/c1-7-13-21-25(22-14-8-2,23-15-9-3)17-16-24(18-10-4,19-11-5)20-12-6/h7-17H2,1-6H3. The molecule has 0 amide bonds. The van der Waals surface area contributed by atoms with Crippen LogP contribution in [0.25, 0.3) is 0 Å². The zero-order valence-corrected chi connectivity index (χ0v) is 19.2. The Morgan fingerprint density at radius 1 is 0.440 bits per heavy atom. The molecular weight excluding hydrogens is 356 g/mol. The third-order valence-electron chi connectivity index (χ3n) is 3.41. The topological polar surface area (TPSA) is 55.4 Å². The minimum absolute atomic E-state index is 0.572. The monoisotopic (exact) mass is 396 g/mol. The summed E-state index contributed by atoms with van der Waals surface area (Å²) in [6.07, 6.45) is 2.81. The van der Waals surface area contributed by atoms with E-state index < -0.39 is 17.6 Å². The Balaban J connectivity index is 5.23. The normalized spacial score (nSPS) is 12.7. The van der Waals surface area contributed by atoms with Gasteiger partial charge >= 0.3 is 17.6 Å². The molecule has 0 aliphatic carbocycles. The smallest absolute Gasteiger partial charge is 0.374 e. The van der Waals surface area contributed by atoms with Crippen molar-refractivity contribution in [2.45, 2.75) is 72.9 Å². The number of hydrogen-bond acceptors (Lipinski definition) is 6. The zero-order valence-electron chi connectivity index (χ0n) is 17.2. The Bertz CT molecular complexity index is 268. The van der Waals surface area contributed by atoms with Crippen LogP contribution in [0.4, 0.5) is 0 Å². The molecule has 0 atom stereocenters. The third-order valence-corrected chi connectivity index (χ3v) is 9.75. The summed E-state index contributed by atoms with van der Waals surface area (Å²) >= 11 is 0. The highest BCUT2D eigenvalue weighted by Crippen LogP contribution is 2.27. The van der Waals surface area contributed by atoms with Gasteiger partial charge in [-0.05, 0) is 40.0 Å². The first-order valence-corrected chi connectivity index (χ1v) is 13.8. The van der Waals surface area contributed by atoms with Gasteiger partial charge in [-0.3, -0.25) is 0 Å². The van der Waals surface area contributed by atoms with E-state index in [-0.39, 0.29) is 0 Å². The molecule has 0 radical (unpaired) electrons. The van der Waals surface area contributed by atoms with Gasteiger partial charge in [0.05, 0.1) is 0 Å². The molecule has 0 unspecified atom stereocenters. The number of rotatable bonds is 18. The van der Waals surface area contributed by atoms with Crippen LogP contribution in [0.2, 0.25) is 12.1 Å². The molecule has 0 N–H and O–H groups in total. The van der Waals surface area contributed by atoms with Gasteiger partial charge in [0.25, 0.3) is 0 Å². The van der Waals surface area contributed by atoms with E-state index in [9.17, 15) is 0 Å². The van der Waals surface area contributed by atoms with E-state index in [1.165, 1.54) is 0 Å². The van der Waals surface area contributed by atoms with Crippen molar-refractivity contribution in [2.24, 2.45) is 0 Å². The van der Waals surface area contributed by atoms with Crippen molar-refractivity contribution in [3.8, 4) is 0 Å². The van der Waals surface area contributed by atoms with Crippen molar-refractivity contribution in [3.05, 3.63) is 0 Å². The van der Waals surface area contributed by atoms with Crippen LogP contribution in [-0.2, 0) is 26.6 Å². The van der Waals surface area contributed by atoms with E-state index in [0.29, 0.717) is 51.7 Å². The van der Waals surface area contributed by atoms with Crippen LogP contribution in [0.3, 0.4) is 0 Å². The molecule has 0 aromatic heterocycles. The molecule has 0 aliphatic rings. The van der Waals surface area contributed by atoms with E-state index in [0.717, 1.165) is 19.3 Å². The van der Waals surface area contributed by atoms with Crippen LogP contribution in [0.5, 0.6) is 0 Å². The molecule has 152 valence electrons. The predicted molar refractivity (Wildman–Crippen MR) is 105 cm³/mol. The lowest BCUT2D eigenvalue weighted by Gasteiger charge is -2.33. The van der Waals surface area contributed by atoms with Gasteiger partial charge in [0.1, 0.15) is 0 Å². The van der Waals surface area contributed by atoms with Crippen LogP contribution < -0.4 is 0 Å². The highest BCUT2D eigenvalue weighted by atomic mass is 28.4. The molecule has 0 bridgehead atoms. The summed E-state index contributed by atoms with van der Waals surface area (Å²) < 4.78 is 36.4. The van der Waals surface area contributed by atoms with Gasteiger partial charge < -0.3 is 26.6 Å². The fourth-order valence-corrected chi connectivity index (χ4v) is 9.10. The van der Waals surface area contributed by atoms with Crippen molar-refractivity contribution in [2.75, 3.05) is 39.6 Å². The van der Waals surface area contributed by atoms with Gasteiger partial charge in [-0.25, -0.2) is 0 Å². The Morgan fingerprint density at radius 3 is 0.960 bits per heavy atom. The summed E-state index contributed by atoms with van der Waals surface area (Å²) in [6, 6.07) is 1.32. The summed E-state index contributed by atoms with van der Waals surface area (Å²) in [5, 5.41) is 0. The van der Waals surface area contributed by atoms with Gasteiger partial charge in [0.15, 0.2) is 0 Å². The summed E-state index contributed by atoms with van der Waals surface area (Å²) in [5.41, 5.74) is 0. The van der Waals surface area contributed by atoms with Crippen molar-refractivity contribution >= 4 is 17.6 Å². The molecule has 0 rings (SSSR count). The second kappa shape index (κ2) is 15.3. The predicted octanol–water partition coefficient (Wildman–Crippen LogP) is 4.25. The summed E-state index contributed by atoms with van der Waals surface area (Å²) in [7, 11) is -5.49. The molecule has 25 heavy (non-hydrogen) atoms. The van der Waals surface area contributed by atoms with Crippen molar-refractivity contribution < 1.29 is 26.6 Å². The average Bonchev–Trinajstić information content (AvgIpc) is 2.61. The Kier molecular flexibility index (Phi) is 15.4. The van der Waals surface area contributed by atoms with Gasteiger partial charge in [0.2, 0.25) is 0 Å². The molecule has 0 aromatic carbocycles. The largest absolute Gasteiger partial charge is 0.500 e. The van der Waals surface area contributed by atoms with Crippen LogP contribution in [0.15, 0.2) is 0 Å². The Hall–Kier alpha value is 0.194. The molecule has 0 aliphatic heterocycles. The minimum Gasteiger partial charge on any atom is -0.374 e. The maximum Gasteiger partial charge on any atom is 0.500 e. The maximum absolute atomic E-state index is 6.16. The second-order valence-electron chi connectivity index (χ2n) is 5.71. The lowest BCUT2D eigenvalue weighted by molar-refractivity contribution is 0.0514. The van der Waals surface area contributed by atoms with Crippen molar-refractivity contribution in [1.82, 2.24) is 0 Å². The SMILES string of the molecule is CCCO[Si](CC[Si](OCC)(OCC)OCC)(OCCC)OCCC. The van der Waals surface area contributed by atoms with E-state index in [2.05, 4.69) is 20.8 Å². The van der Waals surface area contributed by atoms with Gasteiger partial charge in [-0.1, -0.05) is 20.8 Å². The summed E-state index contributed by atoms with van der Waals surface area (Å²) in [5.74, 6) is 0. The van der Waals surface area contributed by atoms with Crippen LogP contribution in [0.1, 0.15) is 60.8 Å². The van der Waals surface area contributed by atoms with E-state index in [1.54, 1.807) is 0 Å². The lowest BCUT2D eigenvalue weighted by Crippen LogP contribution is -2.52. The third kappa shape index (κ3) is 10.2. The fourth-order valence-electron chi connectivity index (χ4n) is 2.42. The van der Waals surface area contributed by atoms with Gasteiger partial charge in [0, 0.05) is 51.7 Å². The molecule has 0 saturated carbocycles. The van der Waals surface area contributed by atoms with E-state index in [4.69, 9.17) is 26.6 Å². The minimum atomic E-state index is -2.76. The molecule has 0 saturated heterocycles. The molecule has 0 fully saturated rings. The molecule has 6 nitrogen and oxygen atoms in total. The average molecular weight is 397 g/mol. The van der Waals surface area contributed by atoms with E-state index >= 15 is 0 Å². The lowest BCUT2D eigenvalue weighted by atomic mass is 10.5. The molecule has 0 spiro atoms. The quantitative estimate of drug-likeness (QED) is 0.323. The number of hydrogen-bond donors (Lipinski definition) is 0. The first-order chi connectivity index (χ1) is 12.1.